The first kappa shape index (κ1) is 17.9. The molecule has 21 heavy (non-hydrogen) atoms. The Balaban J connectivity index is 2.21. The van der Waals surface area contributed by atoms with E-state index >= 15 is 0 Å². The van der Waals surface area contributed by atoms with Gasteiger partial charge in [0, 0.05) is 38.5 Å². The fourth-order valence-corrected chi connectivity index (χ4v) is 2.39. The minimum absolute atomic E-state index is 0.0484. The number of hydrogen-bond donors (Lipinski definition) is 2. The van der Waals surface area contributed by atoms with E-state index in [1.807, 2.05) is 0 Å². The highest BCUT2D eigenvalue weighted by Gasteiger charge is 2.21. The molecule has 0 spiro atoms. The molecule has 1 rings (SSSR count). The van der Waals surface area contributed by atoms with Crippen LogP contribution >= 0.6 is 0 Å². The Kier molecular flexibility index (Phi) is 7.67. The summed E-state index contributed by atoms with van der Waals surface area (Å²) < 4.78 is 5.67. The van der Waals surface area contributed by atoms with Crippen molar-refractivity contribution in [3.63, 3.8) is 0 Å². The number of rotatable bonds is 8. The van der Waals surface area contributed by atoms with E-state index in [1.54, 1.807) is 6.92 Å². The molecule has 0 radical (unpaired) electrons. The number of ether oxygens (including phenoxy) is 1. The van der Waals surface area contributed by atoms with Crippen molar-refractivity contribution in [3.8, 4) is 0 Å². The fourth-order valence-electron chi connectivity index (χ4n) is 2.39. The molecular weight excluding hydrogens is 270 g/mol. The number of nitrogens with zero attached hydrogens (tertiary/aromatic N) is 1. The van der Waals surface area contributed by atoms with Crippen molar-refractivity contribution in [1.29, 1.82) is 0 Å². The predicted octanol–water partition coefficient (Wildman–Crippen LogP) is 0.361. The third-order valence-corrected chi connectivity index (χ3v) is 3.66. The molecule has 1 aliphatic rings. The molecule has 0 aromatic rings. The normalized spacial score (nSPS) is 21.2. The zero-order valence-electron chi connectivity index (χ0n) is 13.4. The van der Waals surface area contributed by atoms with Gasteiger partial charge < -0.3 is 15.8 Å². The molecule has 1 heterocycles. The van der Waals surface area contributed by atoms with Crippen molar-refractivity contribution >= 4 is 11.8 Å². The zero-order valence-corrected chi connectivity index (χ0v) is 13.4. The second kappa shape index (κ2) is 9.00. The van der Waals surface area contributed by atoms with Gasteiger partial charge in [0.1, 0.15) is 0 Å². The predicted molar refractivity (Wildman–Crippen MR) is 81.6 cm³/mol. The molecule has 1 unspecified atom stereocenters. The van der Waals surface area contributed by atoms with Gasteiger partial charge in [-0.15, -0.1) is 0 Å². The quantitative estimate of drug-likeness (QED) is 0.678. The van der Waals surface area contributed by atoms with E-state index in [-0.39, 0.29) is 23.8 Å². The number of amides is 2. The number of nitrogens with one attached hydrogen (secondary N) is 1. The monoisotopic (exact) mass is 299 g/mol. The second-order valence-corrected chi connectivity index (χ2v) is 6.29. The Morgan fingerprint density at radius 3 is 2.71 bits per heavy atom. The van der Waals surface area contributed by atoms with E-state index in [0.717, 1.165) is 19.6 Å². The Bertz CT molecular complexity index is 347. The Morgan fingerprint density at radius 2 is 2.10 bits per heavy atom. The van der Waals surface area contributed by atoms with Crippen molar-refractivity contribution in [2.75, 3.05) is 32.8 Å². The number of primary amides is 1. The Hall–Kier alpha value is -1.14. The summed E-state index contributed by atoms with van der Waals surface area (Å²) in [5.74, 6) is -0.0349. The average Bonchev–Trinajstić information content (AvgIpc) is 2.42. The SMILES string of the molecule is CC(C)CN1CCO[C@@H](CNC(=O)CCC(C)C(N)=O)C1. The van der Waals surface area contributed by atoms with Gasteiger partial charge in [-0.3, -0.25) is 14.5 Å². The van der Waals surface area contributed by atoms with Gasteiger partial charge in [0.05, 0.1) is 12.7 Å². The molecule has 122 valence electrons. The summed E-state index contributed by atoms with van der Waals surface area (Å²) in [7, 11) is 0. The fraction of sp³-hybridized carbons (Fsp3) is 0.867. The third-order valence-electron chi connectivity index (χ3n) is 3.66. The molecule has 0 aromatic carbocycles. The lowest BCUT2D eigenvalue weighted by Crippen LogP contribution is -2.48. The van der Waals surface area contributed by atoms with Crippen LogP contribution in [0.5, 0.6) is 0 Å². The molecule has 1 aliphatic heterocycles. The first-order valence-corrected chi connectivity index (χ1v) is 7.78. The van der Waals surface area contributed by atoms with Gasteiger partial charge in [0.25, 0.3) is 0 Å². The molecule has 6 heteroatoms. The zero-order chi connectivity index (χ0) is 15.8. The number of nitrogens with two attached hydrogens (primary N) is 1. The van der Waals surface area contributed by atoms with Crippen molar-refractivity contribution in [2.24, 2.45) is 17.6 Å². The summed E-state index contributed by atoms with van der Waals surface area (Å²) in [5, 5.41) is 2.88. The molecule has 2 atom stereocenters. The molecule has 3 N–H and O–H groups in total. The lowest BCUT2D eigenvalue weighted by atomic mass is 10.1. The van der Waals surface area contributed by atoms with Crippen LogP contribution in [-0.2, 0) is 14.3 Å². The minimum atomic E-state index is -0.359. The van der Waals surface area contributed by atoms with Crippen molar-refractivity contribution in [3.05, 3.63) is 0 Å². The van der Waals surface area contributed by atoms with Gasteiger partial charge in [0.2, 0.25) is 11.8 Å². The second-order valence-electron chi connectivity index (χ2n) is 6.29. The number of carbonyl (C=O) groups is 2. The molecule has 0 saturated carbocycles. The Morgan fingerprint density at radius 1 is 1.38 bits per heavy atom. The summed E-state index contributed by atoms with van der Waals surface area (Å²) >= 11 is 0. The van der Waals surface area contributed by atoms with Gasteiger partial charge in [-0.25, -0.2) is 0 Å². The largest absolute Gasteiger partial charge is 0.374 e. The first-order chi connectivity index (χ1) is 9.88. The Labute approximate surface area is 127 Å². The van der Waals surface area contributed by atoms with E-state index in [9.17, 15) is 9.59 Å². The highest BCUT2D eigenvalue weighted by atomic mass is 16.5. The maximum Gasteiger partial charge on any atom is 0.220 e. The van der Waals surface area contributed by atoms with Gasteiger partial charge in [-0.2, -0.15) is 0 Å². The number of carbonyl (C=O) groups excluding carboxylic acids is 2. The average molecular weight is 299 g/mol. The van der Waals surface area contributed by atoms with Crippen LogP contribution in [0.1, 0.15) is 33.6 Å². The van der Waals surface area contributed by atoms with Crippen LogP contribution in [0.4, 0.5) is 0 Å². The van der Waals surface area contributed by atoms with Crippen molar-refractivity contribution < 1.29 is 14.3 Å². The van der Waals surface area contributed by atoms with Crippen LogP contribution in [0.15, 0.2) is 0 Å². The maximum atomic E-state index is 11.7. The van der Waals surface area contributed by atoms with Gasteiger partial charge in [-0.05, 0) is 12.3 Å². The van der Waals surface area contributed by atoms with Crippen LogP contribution in [0.2, 0.25) is 0 Å². The van der Waals surface area contributed by atoms with Gasteiger partial charge in [0.15, 0.2) is 0 Å². The highest BCUT2D eigenvalue weighted by molar-refractivity contribution is 5.79. The molecule has 0 aromatic heterocycles. The summed E-state index contributed by atoms with van der Waals surface area (Å²) in [5.41, 5.74) is 5.17. The van der Waals surface area contributed by atoms with Gasteiger partial charge in [-0.1, -0.05) is 20.8 Å². The summed E-state index contributed by atoms with van der Waals surface area (Å²) in [4.78, 5) is 25.0. The molecule has 1 fully saturated rings. The van der Waals surface area contributed by atoms with Crippen LogP contribution in [-0.4, -0.2) is 55.6 Å². The van der Waals surface area contributed by atoms with Crippen LogP contribution in [0, 0.1) is 11.8 Å². The highest BCUT2D eigenvalue weighted by Crippen LogP contribution is 2.08. The lowest BCUT2D eigenvalue weighted by molar-refractivity contribution is -0.124. The van der Waals surface area contributed by atoms with Crippen molar-refractivity contribution in [1.82, 2.24) is 10.2 Å². The van der Waals surface area contributed by atoms with Gasteiger partial charge >= 0.3 is 0 Å². The molecule has 0 bridgehead atoms. The molecular formula is C15H29N3O3. The molecule has 1 saturated heterocycles. The van der Waals surface area contributed by atoms with Crippen LogP contribution in [0.3, 0.4) is 0 Å². The van der Waals surface area contributed by atoms with Crippen LogP contribution in [0.25, 0.3) is 0 Å². The first-order valence-electron chi connectivity index (χ1n) is 7.78. The van der Waals surface area contributed by atoms with E-state index in [4.69, 9.17) is 10.5 Å². The number of hydrogen-bond acceptors (Lipinski definition) is 4. The molecule has 0 aliphatic carbocycles. The summed E-state index contributed by atoms with van der Waals surface area (Å²) in [6, 6.07) is 0. The molecule has 2 amide bonds. The topological polar surface area (TPSA) is 84.7 Å². The van der Waals surface area contributed by atoms with Crippen LogP contribution < -0.4 is 11.1 Å². The van der Waals surface area contributed by atoms with E-state index in [1.165, 1.54) is 0 Å². The minimum Gasteiger partial charge on any atom is -0.374 e. The summed E-state index contributed by atoms with van der Waals surface area (Å²) in [6.07, 6.45) is 0.869. The lowest BCUT2D eigenvalue weighted by Gasteiger charge is -2.34. The molecule has 6 nitrogen and oxygen atoms in total. The smallest absolute Gasteiger partial charge is 0.220 e. The van der Waals surface area contributed by atoms with Crippen molar-refractivity contribution in [2.45, 2.75) is 39.7 Å². The summed E-state index contributed by atoms with van der Waals surface area (Å²) in [6.45, 7) is 10.3. The third kappa shape index (κ3) is 7.43. The standard InChI is InChI=1S/C15H29N3O3/c1-11(2)9-18-6-7-21-13(10-18)8-17-14(19)5-4-12(3)15(16)20/h11-13H,4-10H2,1-3H3,(H2,16,20)(H,17,19)/t12?,13-/m0/s1. The number of morpholine rings is 1. The van der Waals surface area contributed by atoms with E-state index in [0.29, 0.717) is 31.9 Å². The van der Waals surface area contributed by atoms with E-state index < -0.39 is 0 Å². The maximum absolute atomic E-state index is 11.7. The van der Waals surface area contributed by atoms with E-state index in [2.05, 4.69) is 24.1 Å².